The fourth-order valence-electron chi connectivity index (χ4n) is 3.15. The Labute approximate surface area is 122 Å². The van der Waals surface area contributed by atoms with Gasteiger partial charge in [0.2, 0.25) is 10.0 Å². The number of nitrogens with two attached hydrogens (primary N) is 1. The minimum atomic E-state index is -3.45. The van der Waals surface area contributed by atoms with Gasteiger partial charge in [0.25, 0.3) is 0 Å². The highest BCUT2D eigenvalue weighted by atomic mass is 32.2. The molecular formula is C15H24N2O2S. The Balaban J connectivity index is 2.49. The van der Waals surface area contributed by atoms with Crippen molar-refractivity contribution in [3.63, 3.8) is 0 Å². The van der Waals surface area contributed by atoms with E-state index in [0.717, 1.165) is 30.4 Å². The number of nitrogens with zero attached hydrogens (tertiary/aromatic N) is 1. The summed E-state index contributed by atoms with van der Waals surface area (Å²) < 4.78 is 27.6. The number of hydrogen-bond acceptors (Lipinski definition) is 3. The first kappa shape index (κ1) is 15.5. The lowest BCUT2D eigenvalue weighted by molar-refractivity contribution is 0.204. The van der Waals surface area contributed by atoms with Gasteiger partial charge in [-0.3, -0.25) is 0 Å². The molecule has 2 unspecified atom stereocenters. The summed E-state index contributed by atoms with van der Waals surface area (Å²) in [6.45, 7) is 6.19. The van der Waals surface area contributed by atoms with Crippen LogP contribution in [0.15, 0.2) is 23.1 Å². The van der Waals surface area contributed by atoms with Gasteiger partial charge in [0, 0.05) is 18.6 Å². The molecule has 2 N–H and O–H groups in total. The maximum Gasteiger partial charge on any atom is 0.243 e. The van der Waals surface area contributed by atoms with Crippen LogP contribution >= 0.6 is 0 Å². The topological polar surface area (TPSA) is 63.4 Å². The zero-order chi connectivity index (χ0) is 14.9. The first-order chi connectivity index (χ1) is 9.39. The van der Waals surface area contributed by atoms with Crippen LogP contribution in [-0.4, -0.2) is 24.8 Å². The zero-order valence-corrected chi connectivity index (χ0v) is 13.3. The molecular weight excluding hydrogens is 272 g/mol. The van der Waals surface area contributed by atoms with E-state index in [-0.39, 0.29) is 12.1 Å². The molecule has 0 spiro atoms. The van der Waals surface area contributed by atoms with E-state index in [2.05, 4.69) is 0 Å². The van der Waals surface area contributed by atoms with Crippen molar-refractivity contribution in [2.45, 2.75) is 63.6 Å². The molecule has 0 radical (unpaired) electrons. The van der Waals surface area contributed by atoms with Crippen LogP contribution in [0.1, 0.15) is 44.2 Å². The van der Waals surface area contributed by atoms with E-state index in [1.165, 1.54) is 0 Å². The molecule has 112 valence electrons. The van der Waals surface area contributed by atoms with E-state index in [9.17, 15) is 8.42 Å². The molecule has 1 fully saturated rings. The van der Waals surface area contributed by atoms with Crippen LogP contribution in [0.4, 0.5) is 0 Å². The summed E-state index contributed by atoms with van der Waals surface area (Å²) in [6, 6.07) is 5.48. The number of sulfonamides is 1. The smallest absolute Gasteiger partial charge is 0.243 e. The van der Waals surface area contributed by atoms with E-state index in [1.54, 1.807) is 16.4 Å². The van der Waals surface area contributed by atoms with E-state index in [0.29, 0.717) is 11.4 Å². The molecule has 0 aromatic heterocycles. The lowest BCUT2D eigenvalue weighted by Crippen LogP contribution is -2.47. The molecule has 5 heteroatoms. The van der Waals surface area contributed by atoms with Gasteiger partial charge in [0.1, 0.15) is 0 Å². The van der Waals surface area contributed by atoms with Crippen LogP contribution < -0.4 is 5.73 Å². The monoisotopic (exact) mass is 296 g/mol. The Morgan fingerprint density at radius 2 is 1.85 bits per heavy atom. The van der Waals surface area contributed by atoms with Crippen molar-refractivity contribution in [2.75, 3.05) is 0 Å². The molecule has 0 amide bonds. The third kappa shape index (κ3) is 2.62. The molecule has 20 heavy (non-hydrogen) atoms. The third-order valence-electron chi connectivity index (χ3n) is 4.28. The largest absolute Gasteiger partial charge is 0.326 e. The molecule has 2 rings (SSSR count). The standard InChI is InChI=1S/C15H24N2O2S/c1-11-6-4-7-12(2)17(11)20(18,19)15-9-5-8-14(10-16)13(15)3/h5,8-9,11-12H,4,6-7,10,16H2,1-3H3. The summed E-state index contributed by atoms with van der Waals surface area (Å²) in [5, 5.41) is 0. The fraction of sp³-hybridized carbons (Fsp3) is 0.600. The fourth-order valence-corrected chi connectivity index (χ4v) is 5.30. The third-order valence-corrected chi connectivity index (χ3v) is 6.56. The molecule has 0 bridgehead atoms. The lowest BCUT2D eigenvalue weighted by Gasteiger charge is -2.38. The molecule has 0 aliphatic carbocycles. The molecule has 4 nitrogen and oxygen atoms in total. The van der Waals surface area contributed by atoms with Crippen molar-refractivity contribution >= 4 is 10.0 Å². The second-order valence-electron chi connectivity index (χ2n) is 5.71. The van der Waals surface area contributed by atoms with Crippen molar-refractivity contribution in [1.82, 2.24) is 4.31 Å². The summed E-state index contributed by atoms with van der Waals surface area (Å²) >= 11 is 0. The Morgan fingerprint density at radius 1 is 1.25 bits per heavy atom. The van der Waals surface area contributed by atoms with Crippen LogP contribution in [0.25, 0.3) is 0 Å². The van der Waals surface area contributed by atoms with Crippen molar-refractivity contribution in [3.8, 4) is 0 Å². The van der Waals surface area contributed by atoms with Crippen LogP contribution in [0, 0.1) is 6.92 Å². The van der Waals surface area contributed by atoms with Crippen molar-refractivity contribution in [3.05, 3.63) is 29.3 Å². The van der Waals surface area contributed by atoms with E-state index in [4.69, 9.17) is 5.73 Å². The Hall–Kier alpha value is -0.910. The van der Waals surface area contributed by atoms with Gasteiger partial charge >= 0.3 is 0 Å². The summed E-state index contributed by atoms with van der Waals surface area (Å²) in [5.74, 6) is 0. The van der Waals surface area contributed by atoms with E-state index < -0.39 is 10.0 Å². The molecule has 1 aliphatic heterocycles. The van der Waals surface area contributed by atoms with Crippen LogP contribution in [0.2, 0.25) is 0 Å². The summed E-state index contributed by atoms with van der Waals surface area (Å²) in [7, 11) is -3.45. The summed E-state index contributed by atoms with van der Waals surface area (Å²) in [4.78, 5) is 0.404. The minimum absolute atomic E-state index is 0.0599. The van der Waals surface area contributed by atoms with E-state index >= 15 is 0 Å². The predicted octanol–water partition coefficient (Wildman–Crippen LogP) is 2.41. The average molecular weight is 296 g/mol. The molecule has 1 heterocycles. The minimum Gasteiger partial charge on any atom is -0.326 e. The van der Waals surface area contributed by atoms with Gasteiger partial charge in [-0.1, -0.05) is 18.6 Å². The normalized spacial score (nSPS) is 24.8. The average Bonchev–Trinajstić information content (AvgIpc) is 2.38. The maximum atomic E-state index is 13.0. The van der Waals surface area contributed by atoms with Gasteiger partial charge in [-0.15, -0.1) is 0 Å². The Kier molecular flexibility index (Phi) is 4.52. The van der Waals surface area contributed by atoms with Crippen LogP contribution in [0.5, 0.6) is 0 Å². The molecule has 0 saturated carbocycles. The number of benzene rings is 1. The highest BCUT2D eigenvalue weighted by molar-refractivity contribution is 7.89. The zero-order valence-electron chi connectivity index (χ0n) is 12.5. The Morgan fingerprint density at radius 3 is 2.40 bits per heavy atom. The number of hydrogen-bond donors (Lipinski definition) is 1. The van der Waals surface area contributed by atoms with Gasteiger partial charge in [0.05, 0.1) is 4.90 Å². The van der Waals surface area contributed by atoms with Gasteiger partial charge < -0.3 is 5.73 Å². The molecule has 1 aromatic carbocycles. The van der Waals surface area contributed by atoms with Crippen molar-refractivity contribution in [1.29, 1.82) is 0 Å². The van der Waals surface area contributed by atoms with Gasteiger partial charge in [-0.25, -0.2) is 8.42 Å². The first-order valence-electron chi connectivity index (χ1n) is 7.21. The number of piperidine rings is 1. The first-order valence-corrected chi connectivity index (χ1v) is 8.65. The van der Waals surface area contributed by atoms with Gasteiger partial charge in [-0.05, 0) is 50.8 Å². The Bertz CT molecular complexity index is 574. The lowest BCUT2D eigenvalue weighted by atomic mass is 10.0. The molecule has 1 aromatic rings. The SMILES string of the molecule is Cc1c(CN)cccc1S(=O)(=O)N1C(C)CCCC1C. The van der Waals surface area contributed by atoms with Crippen molar-refractivity contribution in [2.24, 2.45) is 5.73 Å². The highest BCUT2D eigenvalue weighted by Crippen LogP contribution is 2.31. The predicted molar refractivity (Wildman–Crippen MR) is 80.9 cm³/mol. The summed E-state index contributed by atoms with van der Waals surface area (Å²) in [6.07, 6.45) is 2.95. The summed E-state index contributed by atoms with van der Waals surface area (Å²) in [5.41, 5.74) is 7.36. The quantitative estimate of drug-likeness (QED) is 0.931. The number of rotatable bonds is 3. The highest BCUT2D eigenvalue weighted by Gasteiger charge is 2.36. The van der Waals surface area contributed by atoms with Crippen molar-refractivity contribution < 1.29 is 8.42 Å². The second kappa shape index (κ2) is 5.84. The van der Waals surface area contributed by atoms with Gasteiger partial charge in [-0.2, -0.15) is 4.31 Å². The molecule has 1 saturated heterocycles. The second-order valence-corrected chi connectivity index (χ2v) is 7.52. The van der Waals surface area contributed by atoms with E-state index in [1.807, 2.05) is 26.8 Å². The van der Waals surface area contributed by atoms with Crippen LogP contribution in [0.3, 0.4) is 0 Å². The molecule has 1 aliphatic rings. The van der Waals surface area contributed by atoms with Crippen LogP contribution in [-0.2, 0) is 16.6 Å². The maximum absolute atomic E-state index is 13.0. The molecule has 2 atom stereocenters. The van der Waals surface area contributed by atoms with Gasteiger partial charge in [0.15, 0.2) is 0 Å².